The van der Waals surface area contributed by atoms with E-state index in [1.54, 1.807) is 18.4 Å². The molecule has 2 fully saturated rings. The largest absolute Gasteiger partial charge is 0.467 e. The molecule has 0 spiro atoms. The van der Waals surface area contributed by atoms with Gasteiger partial charge in [0.05, 0.1) is 19.4 Å². The molecular formula is C24H32N4O3. The zero-order valence-electron chi connectivity index (χ0n) is 18.0. The van der Waals surface area contributed by atoms with Crippen LogP contribution in [0.15, 0.2) is 53.1 Å². The molecule has 0 radical (unpaired) electrons. The van der Waals surface area contributed by atoms with E-state index in [4.69, 9.17) is 4.42 Å². The first-order valence-corrected chi connectivity index (χ1v) is 11.3. The average Bonchev–Trinajstić information content (AvgIpc) is 3.46. The van der Waals surface area contributed by atoms with Crippen molar-refractivity contribution >= 4 is 11.9 Å². The maximum Gasteiger partial charge on any atom is 0.321 e. The molecule has 3 amide bonds. The van der Waals surface area contributed by atoms with Gasteiger partial charge in [0.1, 0.15) is 5.76 Å². The van der Waals surface area contributed by atoms with Crippen LogP contribution in [-0.2, 0) is 17.9 Å². The summed E-state index contributed by atoms with van der Waals surface area (Å²) in [5.41, 5.74) is 1.37. The third-order valence-electron chi connectivity index (χ3n) is 6.44. The summed E-state index contributed by atoms with van der Waals surface area (Å²) < 4.78 is 5.18. The summed E-state index contributed by atoms with van der Waals surface area (Å²) >= 11 is 0. The van der Waals surface area contributed by atoms with Gasteiger partial charge in [-0.1, -0.05) is 30.3 Å². The van der Waals surface area contributed by atoms with Crippen LogP contribution in [0.3, 0.4) is 0 Å². The van der Waals surface area contributed by atoms with Gasteiger partial charge in [-0.2, -0.15) is 0 Å². The molecule has 166 valence electrons. The lowest BCUT2D eigenvalue weighted by molar-refractivity contribution is -0.121. The SMILES string of the molecule is O=C(CN1CCC[C@H]1C1CCN(Cc2ccccc2)CC1)NC(=O)NCc1ccco1. The van der Waals surface area contributed by atoms with Crippen molar-refractivity contribution in [2.24, 2.45) is 5.92 Å². The zero-order valence-corrected chi connectivity index (χ0v) is 18.0. The highest BCUT2D eigenvalue weighted by atomic mass is 16.3. The van der Waals surface area contributed by atoms with Crippen molar-refractivity contribution in [2.75, 3.05) is 26.2 Å². The molecule has 2 aromatic rings. The van der Waals surface area contributed by atoms with Crippen molar-refractivity contribution in [3.8, 4) is 0 Å². The van der Waals surface area contributed by atoms with E-state index in [2.05, 4.69) is 50.8 Å². The monoisotopic (exact) mass is 424 g/mol. The van der Waals surface area contributed by atoms with Crippen molar-refractivity contribution in [1.82, 2.24) is 20.4 Å². The Labute approximate surface area is 183 Å². The molecule has 4 rings (SSSR count). The number of benzene rings is 1. The Morgan fingerprint density at radius 2 is 1.81 bits per heavy atom. The highest BCUT2D eigenvalue weighted by molar-refractivity contribution is 5.95. The molecule has 1 aromatic carbocycles. The number of likely N-dealkylation sites (tertiary alicyclic amines) is 2. The first-order valence-electron chi connectivity index (χ1n) is 11.3. The lowest BCUT2D eigenvalue weighted by Gasteiger charge is -2.38. The number of carbonyl (C=O) groups excluding carboxylic acids is 2. The van der Waals surface area contributed by atoms with E-state index in [1.165, 1.54) is 18.4 Å². The Morgan fingerprint density at radius 1 is 1.00 bits per heavy atom. The van der Waals surface area contributed by atoms with Gasteiger partial charge in [0.2, 0.25) is 5.91 Å². The molecular weight excluding hydrogens is 392 g/mol. The van der Waals surface area contributed by atoms with Crippen LogP contribution in [0.4, 0.5) is 4.79 Å². The van der Waals surface area contributed by atoms with E-state index in [-0.39, 0.29) is 19.0 Å². The van der Waals surface area contributed by atoms with Crippen LogP contribution in [0.25, 0.3) is 0 Å². The third-order valence-corrected chi connectivity index (χ3v) is 6.44. The van der Waals surface area contributed by atoms with E-state index in [1.807, 2.05) is 0 Å². The number of nitrogens with zero attached hydrogens (tertiary/aromatic N) is 2. The van der Waals surface area contributed by atoms with Crippen molar-refractivity contribution in [3.63, 3.8) is 0 Å². The Morgan fingerprint density at radius 3 is 2.55 bits per heavy atom. The summed E-state index contributed by atoms with van der Waals surface area (Å²) in [7, 11) is 0. The molecule has 0 saturated carbocycles. The van der Waals surface area contributed by atoms with E-state index in [0.717, 1.165) is 39.0 Å². The quantitative estimate of drug-likeness (QED) is 0.715. The highest BCUT2D eigenvalue weighted by Crippen LogP contribution is 2.31. The van der Waals surface area contributed by atoms with E-state index in [9.17, 15) is 9.59 Å². The van der Waals surface area contributed by atoms with Crippen LogP contribution >= 0.6 is 0 Å². The molecule has 2 aliphatic rings. The fraction of sp³-hybridized carbons (Fsp3) is 0.500. The Balaban J connectivity index is 1.20. The Hall–Kier alpha value is -2.64. The molecule has 3 heterocycles. The maximum absolute atomic E-state index is 12.4. The molecule has 2 aliphatic heterocycles. The first-order chi connectivity index (χ1) is 15.2. The minimum Gasteiger partial charge on any atom is -0.467 e. The number of piperidine rings is 1. The summed E-state index contributed by atoms with van der Waals surface area (Å²) in [6, 6.07) is 14.1. The number of carbonyl (C=O) groups is 2. The fourth-order valence-electron chi connectivity index (χ4n) is 4.89. The second kappa shape index (κ2) is 10.6. The van der Waals surface area contributed by atoms with E-state index >= 15 is 0 Å². The van der Waals surface area contributed by atoms with Crippen molar-refractivity contribution in [2.45, 2.75) is 44.8 Å². The number of amides is 3. The normalized spacial score (nSPS) is 20.6. The summed E-state index contributed by atoms with van der Waals surface area (Å²) in [6.07, 6.45) is 6.15. The molecule has 7 nitrogen and oxygen atoms in total. The van der Waals surface area contributed by atoms with Crippen molar-refractivity contribution < 1.29 is 14.0 Å². The van der Waals surface area contributed by atoms with Gasteiger partial charge in [-0.25, -0.2) is 4.79 Å². The van der Waals surface area contributed by atoms with Crippen molar-refractivity contribution in [3.05, 3.63) is 60.1 Å². The zero-order chi connectivity index (χ0) is 21.5. The number of urea groups is 1. The first kappa shape index (κ1) is 21.6. The predicted octanol–water partition coefficient (Wildman–Crippen LogP) is 2.98. The predicted molar refractivity (Wildman–Crippen MR) is 118 cm³/mol. The molecule has 31 heavy (non-hydrogen) atoms. The number of hydrogen-bond acceptors (Lipinski definition) is 5. The number of furan rings is 1. The molecule has 1 aromatic heterocycles. The number of hydrogen-bond donors (Lipinski definition) is 2. The number of nitrogens with one attached hydrogen (secondary N) is 2. The van der Waals surface area contributed by atoms with Crippen LogP contribution in [0.5, 0.6) is 0 Å². The number of rotatable bonds is 7. The molecule has 0 unspecified atom stereocenters. The summed E-state index contributed by atoms with van der Waals surface area (Å²) in [6.45, 7) is 4.69. The molecule has 0 bridgehead atoms. The van der Waals surface area contributed by atoms with Gasteiger partial charge < -0.3 is 9.73 Å². The van der Waals surface area contributed by atoms with Crippen LogP contribution in [0, 0.1) is 5.92 Å². The van der Waals surface area contributed by atoms with Crippen LogP contribution in [0.2, 0.25) is 0 Å². The topological polar surface area (TPSA) is 77.8 Å². The second-order valence-corrected chi connectivity index (χ2v) is 8.59. The summed E-state index contributed by atoms with van der Waals surface area (Å²) in [4.78, 5) is 29.2. The summed E-state index contributed by atoms with van der Waals surface area (Å²) in [5.74, 6) is 1.03. The van der Waals surface area contributed by atoms with E-state index in [0.29, 0.717) is 17.7 Å². The Kier molecular flexibility index (Phi) is 7.38. The van der Waals surface area contributed by atoms with Gasteiger partial charge in [-0.3, -0.25) is 19.9 Å². The average molecular weight is 425 g/mol. The van der Waals surface area contributed by atoms with Gasteiger partial charge >= 0.3 is 6.03 Å². The number of imide groups is 1. The molecule has 0 aliphatic carbocycles. The third kappa shape index (κ3) is 6.18. The van der Waals surface area contributed by atoms with Crippen LogP contribution in [-0.4, -0.2) is 54.0 Å². The standard InChI is InChI=1S/C24H32N4O3/c29-23(26-24(30)25-16-21-8-5-15-31-21)18-28-12-4-9-22(28)20-10-13-27(14-11-20)17-19-6-2-1-3-7-19/h1-3,5-8,15,20,22H,4,9-14,16-18H2,(H2,25,26,29,30)/t22-/m0/s1. The molecule has 7 heteroatoms. The molecule has 1 atom stereocenters. The van der Waals surface area contributed by atoms with Crippen molar-refractivity contribution in [1.29, 1.82) is 0 Å². The highest BCUT2D eigenvalue weighted by Gasteiger charge is 2.34. The lowest BCUT2D eigenvalue weighted by atomic mass is 9.87. The van der Waals surface area contributed by atoms with E-state index < -0.39 is 6.03 Å². The minimum absolute atomic E-state index is 0.245. The molecule has 2 saturated heterocycles. The second-order valence-electron chi connectivity index (χ2n) is 8.59. The van der Waals surface area contributed by atoms with Gasteiger partial charge in [-0.05, 0) is 68.9 Å². The van der Waals surface area contributed by atoms with Crippen LogP contribution < -0.4 is 10.6 Å². The Bertz CT molecular complexity index is 832. The maximum atomic E-state index is 12.4. The van der Waals surface area contributed by atoms with Gasteiger partial charge in [0.15, 0.2) is 0 Å². The minimum atomic E-state index is -0.480. The fourth-order valence-corrected chi connectivity index (χ4v) is 4.89. The lowest BCUT2D eigenvalue weighted by Crippen LogP contribution is -2.48. The van der Waals surface area contributed by atoms with Crippen LogP contribution in [0.1, 0.15) is 37.0 Å². The van der Waals surface area contributed by atoms with Gasteiger partial charge in [0.25, 0.3) is 0 Å². The van der Waals surface area contributed by atoms with Gasteiger partial charge in [-0.15, -0.1) is 0 Å². The van der Waals surface area contributed by atoms with Gasteiger partial charge in [0, 0.05) is 12.6 Å². The molecule has 2 N–H and O–H groups in total. The smallest absolute Gasteiger partial charge is 0.321 e. The summed E-state index contributed by atoms with van der Waals surface area (Å²) in [5, 5.41) is 5.10.